The molecule has 2 aromatic carbocycles. The first-order valence-electron chi connectivity index (χ1n) is 11.1. The topological polar surface area (TPSA) is 90.5 Å². The van der Waals surface area contributed by atoms with Crippen LogP contribution >= 0.6 is 0 Å². The fourth-order valence-electron chi connectivity index (χ4n) is 4.55. The van der Waals surface area contributed by atoms with Crippen LogP contribution in [-0.2, 0) is 11.3 Å². The van der Waals surface area contributed by atoms with E-state index in [0.29, 0.717) is 17.7 Å². The average molecular weight is 451 g/mol. The lowest BCUT2D eigenvalue weighted by Gasteiger charge is -2.08. The fourth-order valence-corrected chi connectivity index (χ4v) is 4.55. The van der Waals surface area contributed by atoms with Crippen LogP contribution in [0, 0.1) is 0 Å². The van der Waals surface area contributed by atoms with E-state index in [1.165, 1.54) is 0 Å². The van der Waals surface area contributed by atoms with Crippen LogP contribution in [0.2, 0.25) is 0 Å². The number of ether oxygens (including phenoxy) is 1. The standard InChI is InChI=1S/C26H21N5O3/c32-23(28-9-3-12-30-13-11-27-16-30)15-34-17-6-7-22-21(14-17)19-8-10-29-24-18-4-1-2-5-20(18)26(33)31(22)25(19)24/h1-2,4-8,10-11,13-14,16H,3,9,12,15H2,(H,28,32). The molecule has 8 nitrogen and oxygen atoms in total. The van der Waals surface area contributed by atoms with Crippen molar-refractivity contribution < 1.29 is 9.53 Å². The number of fused-ring (bicyclic) bond motifs is 5. The highest BCUT2D eigenvalue weighted by molar-refractivity contribution is 6.18. The van der Waals surface area contributed by atoms with Gasteiger partial charge >= 0.3 is 0 Å². The van der Waals surface area contributed by atoms with Crippen molar-refractivity contribution in [1.82, 2.24) is 24.3 Å². The highest BCUT2D eigenvalue weighted by atomic mass is 16.5. The number of nitrogens with one attached hydrogen (secondary N) is 1. The Bertz CT molecular complexity index is 1710. The third-order valence-corrected chi connectivity index (χ3v) is 6.11. The summed E-state index contributed by atoms with van der Waals surface area (Å²) in [6, 6.07) is 15.0. The summed E-state index contributed by atoms with van der Waals surface area (Å²) in [5.41, 5.74) is 2.32. The molecule has 0 saturated carbocycles. The molecular weight excluding hydrogens is 430 g/mol. The summed E-state index contributed by atoms with van der Waals surface area (Å²) in [6.45, 7) is 1.28. The largest absolute Gasteiger partial charge is 0.484 e. The number of carbonyl (C=O) groups excluding carboxylic acids is 1. The first kappa shape index (κ1) is 20.2. The number of aryl methyl sites for hydroxylation is 1. The average Bonchev–Trinajstić information content (AvgIpc) is 3.50. The van der Waals surface area contributed by atoms with E-state index in [1.807, 2.05) is 53.2 Å². The number of amides is 1. The Morgan fingerprint density at radius 3 is 2.74 bits per heavy atom. The number of carbonyl (C=O) groups is 1. The van der Waals surface area contributed by atoms with Gasteiger partial charge in [0.1, 0.15) is 5.75 Å². The third-order valence-electron chi connectivity index (χ3n) is 6.11. The van der Waals surface area contributed by atoms with Gasteiger partial charge in [-0.2, -0.15) is 0 Å². The van der Waals surface area contributed by atoms with E-state index in [0.717, 1.165) is 45.7 Å². The molecule has 168 valence electrons. The molecule has 0 radical (unpaired) electrons. The minimum atomic E-state index is -0.178. The summed E-state index contributed by atoms with van der Waals surface area (Å²) in [5, 5.41) is 6.17. The molecule has 0 aliphatic heterocycles. The lowest BCUT2D eigenvalue weighted by molar-refractivity contribution is -0.123. The molecule has 6 rings (SSSR count). The number of aromatic nitrogens is 4. The van der Waals surface area contributed by atoms with Crippen molar-refractivity contribution in [3.63, 3.8) is 0 Å². The normalized spacial score (nSPS) is 11.6. The number of rotatable bonds is 7. The predicted octanol–water partition coefficient (Wildman–Crippen LogP) is 3.37. The number of benzene rings is 2. The molecule has 4 aromatic heterocycles. The van der Waals surface area contributed by atoms with E-state index in [1.54, 1.807) is 29.2 Å². The molecule has 0 aliphatic carbocycles. The van der Waals surface area contributed by atoms with E-state index >= 15 is 0 Å². The molecule has 0 aliphatic rings. The van der Waals surface area contributed by atoms with E-state index in [9.17, 15) is 9.59 Å². The van der Waals surface area contributed by atoms with Crippen molar-refractivity contribution in [2.45, 2.75) is 13.0 Å². The molecule has 0 unspecified atom stereocenters. The summed E-state index contributed by atoms with van der Waals surface area (Å²) in [7, 11) is 0. The Hall–Kier alpha value is -4.46. The maximum atomic E-state index is 13.3. The van der Waals surface area contributed by atoms with Gasteiger partial charge in [-0.3, -0.25) is 19.0 Å². The van der Waals surface area contributed by atoms with Gasteiger partial charge in [0, 0.05) is 53.2 Å². The number of imidazole rings is 1. The number of hydrogen-bond acceptors (Lipinski definition) is 5. The van der Waals surface area contributed by atoms with Crippen molar-refractivity contribution in [3.8, 4) is 5.75 Å². The monoisotopic (exact) mass is 451 g/mol. The zero-order valence-electron chi connectivity index (χ0n) is 18.3. The molecule has 8 heteroatoms. The number of hydrogen-bond donors (Lipinski definition) is 1. The number of pyridine rings is 2. The van der Waals surface area contributed by atoms with Crippen LogP contribution < -0.4 is 15.6 Å². The Morgan fingerprint density at radius 1 is 1.00 bits per heavy atom. The minimum absolute atomic E-state index is 0.0696. The fraction of sp³-hybridized carbons (Fsp3) is 0.154. The molecule has 0 saturated heterocycles. The van der Waals surface area contributed by atoms with Crippen LogP contribution in [-0.4, -0.2) is 38.0 Å². The molecule has 0 fully saturated rings. The summed E-state index contributed by atoms with van der Waals surface area (Å²) >= 11 is 0. The van der Waals surface area contributed by atoms with Crippen LogP contribution in [0.15, 0.2) is 78.2 Å². The zero-order chi connectivity index (χ0) is 23.1. The maximum Gasteiger partial charge on any atom is 0.263 e. The second kappa shape index (κ2) is 8.15. The summed E-state index contributed by atoms with van der Waals surface area (Å²) < 4.78 is 9.46. The maximum absolute atomic E-state index is 13.3. The second-order valence-electron chi connectivity index (χ2n) is 8.21. The van der Waals surface area contributed by atoms with Gasteiger partial charge in [-0.15, -0.1) is 0 Å². The van der Waals surface area contributed by atoms with Crippen LogP contribution in [0.25, 0.3) is 38.1 Å². The van der Waals surface area contributed by atoms with Crippen molar-refractivity contribution in [3.05, 3.63) is 83.8 Å². The summed E-state index contributed by atoms with van der Waals surface area (Å²) in [4.78, 5) is 34.1. The smallest absolute Gasteiger partial charge is 0.263 e. The molecule has 4 heterocycles. The van der Waals surface area contributed by atoms with E-state index in [2.05, 4.69) is 15.3 Å². The lowest BCUT2D eigenvalue weighted by atomic mass is 10.1. The molecule has 0 atom stereocenters. The molecule has 0 bridgehead atoms. The van der Waals surface area contributed by atoms with Crippen molar-refractivity contribution in [1.29, 1.82) is 0 Å². The second-order valence-corrected chi connectivity index (χ2v) is 8.21. The van der Waals surface area contributed by atoms with E-state index in [4.69, 9.17) is 4.74 Å². The first-order valence-corrected chi connectivity index (χ1v) is 11.1. The molecule has 1 N–H and O–H groups in total. The van der Waals surface area contributed by atoms with Gasteiger partial charge in [-0.1, -0.05) is 18.2 Å². The Morgan fingerprint density at radius 2 is 1.88 bits per heavy atom. The predicted molar refractivity (Wildman–Crippen MR) is 131 cm³/mol. The van der Waals surface area contributed by atoms with Gasteiger partial charge in [0.15, 0.2) is 6.61 Å². The lowest BCUT2D eigenvalue weighted by Crippen LogP contribution is -2.30. The third kappa shape index (κ3) is 3.31. The van der Waals surface area contributed by atoms with Gasteiger partial charge in [0.2, 0.25) is 0 Å². The van der Waals surface area contributed by atoms with Gasteiger partial charge in [-0.05, 0) is 36.8 Å². The SMILES string of the molecule is O=C(COc1ccc2c(c1)c1ccnc3c4ccccc4c(=O)n2c13)NCCCn1ccnc1. The molecular formula is C26H21N5O3. The molecule has 34 heavy (non-hydrogen) atoms. The minimum Gasteiger partial charge on any atom is -0.484 e. The highest BCUT2D eigenvalue weighted by Crippen LogP contribution is 2.34. The van der Waals surface area contributed by atoms with E-state index in [-0.39, 0.29) is 18.1 Å². The van der Waals surface area contributed by atoms with Crippen LogP contribution in [0.5, 0.6) is 5.75 Å². The van der Waals surface area contributed by atoms with Gasteiger partial charge < -0.3 is 14.6 Å². The Balaban J connectivity index is 1.26. The van der Waals surface area contributed by atoms with Gasteiger partial charge in [-0.25, -0.2) is 4.98 Å². The van der Waals surface area contributed by atoms with Crippen molar-refractivity contribution in [2.24, 2.45) is 0 Å². The highest BCUT2D eigenvalue weighted by Gasteiger charge is 2.18. The van der Waals surface area contributed by atoms with Crippen LogP contribution in [0.4, 0.5) is 0 Å². The van der Waals surface area contributed by atoms with E-state index < -0.39 is 0 Å². The van der Waals surface area contributed by atoms with Crippen LogP contribution in [0.1, 0.15) is 6.42 Å². The molecule has 0 spiro atoms. The Kier molecular flexibility index (Phi) is 4.83. The quantitative estimate of drug-likeness (QED) is 0.297. The Labute approximate surface area is 193 Å². The van der Waals surface area contributed by atoms with Crippen LogP contribution in [0.3, 0.4) is 0 Å². The molecule has 6 aromatic rings. The zero-order valence-corrected chi connectivity index (χ0v) is 18.3. The van der Waals surface area contributed by atoms with Gasteiger partial charge in [0.25, 0.3) is 11.5 Å². The molecule has 1 amide bonds. The van der Waals surface area contributed by atoms with Crippen molar-refractivity contribution in [2.75, 3.05) is 13.2 Å². The van der Waals surface area contributed by atoms with Crippen molar-refractivity contribution >= 4 is 44.0 Å². The summed E-state index contributed by atoms with van der Waals surface area (Å²) in [5.74, 6) is 0.394. The first-order chi connectivity index (χ1) is 16.7. The summed E-state index contributed by atoms with van der Waals surface area (Å²) in [6.07, 6.45) is 7.95. The number of nitrogens with zero attached hydrogens (tertiary/aromatic N) is 4. The van der Waals surface area contributed by atoms with Gasteiger partial charge in [0.05, 0.1) is 22.9 Å².